The lowest BCUT2D eigenvalue weighted by Gasteiger charge is -2.03. The Morgan fingerprint density at radius 3 is 2.23 bits per heavy atom. The van der Waals surface area contributed by atoms with E-state index >= 15 is 0 Å². The maximum absolute atomic E-state index is 5.89. The Balaban J connectivity index is 1.66. The standard InChI is InChI=1S/C18H15ClN2S/c1-13-2-6-15(7-3-13)17-10-11-18(21-20-17)22-12-14-4-8-16(19)9-5-14/h2-11H,12H2,1H3. The molecule has 0 spiro atoms. The highest BCUT2D eigenvalue weighted by Gasteiger charge is 2.02. The molecule has 2 aromatic carbocycles. The van der Waals surface area contributed by atoms with Gasteiger partial charge in [0.05, 0.1) is 5.69 Å². The van der Waals surface area contributed by atoms with Gasteiger partial charge in [-0.25, -0.2) is 0 Å². The van der Waals surface area contributed by atoms with Gasteiger partial charge in [0.2, 0.25) is 0 Å². The average molecular weight is 327 g/mol. The monoisotopic (exact) mass is 326 g/mol. The van der Waals surface area contributed by atoms with Crippen molar-refractivity contribution < 1.29 is 0 Å². The van der Waals surface area contributed by atoms with Crippen molar-refractivity contribution >= 4 is 23.4 Å². The van der Waals surface area contributed by atoms with Crippen LogP contribution in [0.5, 0.6) is 0 Å². The minimum atomic E-state index is 0.760. The number of rotatable bonds is 4. The van der Waals surface area contributed by atoms with Crippen LogP contribution in [0.25, 0.3) is 11.3 Å². The van der Waals surface area contributed by atoms with Crippen molar-refractivity contribution in [3.05, 3.63) is 76.8 Å². The first-order valence-electron chi connectivity index (χ1n) is 6.99. The Morgan fingerprint density at radius 1 is 0.864 bits per heavy atom. The van der Waals surface area contributed by atoms with Gasteiger partial charge in [0.15, 0.2) is 0 Å². The number of thioether (sulfide) groups is 1. The van der Waals surface area contributed by atoms with Crippen molar-refractivity contribution in [3.63, 3.8) is 0 Å². The van der Waals surface area contributed by atoms with Crippen molar-refractivity contribution in [2.24, 2.45) is 0 Å². The van der Waals surface area contributed by atoms with Crippen LogP contribution < -0.4 is 0 Å². The highest BCUT2D eigenvalue weighted by atomic mass is 35.5. The van der Waals surface area contributed by atoms with Gasteiger partial charge in [0.1, 0.15) is 5.03 Å². The van der Waals surface area contributed by atoms with Crippen LogP contribution in [0.1, 0.15) is 11.1 Å². The molecule has 1 heterocycles. The van der Waals surface area contributed by atoms with Gasteiger partial charge in [0, 0.05) is 16.3 Å². The van der Waals surface area contributed by atoms with Crippen molar-refractivity contribution in [2.75, 3.05) is 0 Å². The van der Waals surface area contributed by atoms with E-state index in [1.165, 1.54) is 11.1 Å². The second-order valence-electron chi connectivity index (χ2n) is 5.04. The molecular formula is C18H15ClN2S. The van der Waals surface area contributed by atoms with Crippen molar-refractivity contribution in [1.29, 1.82) is 0 Å². The van der Waals surface area contributed by atoms with Gasteiger partial charge in [-0.15, -0.1) is 10.2 Å². The van der Waals surface area contributed by atoms with E-state index in [0.717, 1.165) is 27.1 Å². The molecule has 0 amide bonds. The molecule has 0 aliphatic carbocycles. The van der Waals surface area contributed by atoms with E-state index in [4.69, 9.17) is 11.6 Å². The van der Waals surface area contributed by atoms with Gasteiger partial charge in [-0.3, -0.25) is 0 Å². The van der Waals surface area contributed by atoms with Gasteiger partial charge in [-0.1, -0.05) is 65.3 Å². The Labute approximate surface area is 139 Å². The molecule has 22 heavy (non-hydrogen) atoms. The zero-order valence-electron chi connectivity index (χ0n) is 12.2. The number of benzene rings is 2. The summed E-state index contributed by atoms with van der Waals surface area (Å²) in [6.07, 6.45) is 0. The molecule has 0 saturated carbocycles. The Hall–Kier alpha value is -1.84. The lowest BCUT2D eigenvalue weighted by molar-refractivity contribution is 0.935. The van der Waals surface area contributed by atoms with Crippen LogP contribution in [0, 0.1) is 6.92 Å². The zero-order chi connectivity index (χ0) is 15.4. The normalized spacial score (nSPS) is 10.6. The predicted molar refractivity (Wildman–Crippen MR) is 93.2 cm³/mol. The van der Waals surface area contributed by atoms with Gasteiger partial charge in [0.25, 0.3) is 0 Å². The number of hydrogen-bond acceptors (Lipinski definition) is 3. The maximum atomic E-state index is 5.89. The van der Waals surface area contributed by atoms with E-state index in [9.17, 15) is 0 Å². The molecular weight excluding hydrogens is 312 g/mol. The van der Waals surface area contributed by atoms with E-state index in [1.807, 2.05) is 36.4 Å². The van der Waals surface area contributed by atoms with Crippen LogP contribution in [0.3, 0.4) is 0 Å². The second-order valence-corrected chi connectivity index (χ2v) is 6.47. The van der Waals surface area contributed by atoms with Gasteiger partial charge < -0.3 is 0 Å². The molecule has 0 atom stereocenters. The molecule has 0 aliphatic heterocycles. The van der Waals surface area contributed by atoms with Crippen LogP contribution in [-0.4, -0.2) is 10.2 Å². The quantitative estimate of drug-likeness (QED) is 0.600. The summed E-state index contributed by atoms with van der Waals surface area (Å²) in [7, 11) is 0. The molecule has 3 aromatic rings. The highest BCUT2D eigenvalue weighted by molar-refractivity contribution is 7.98. The van der Waals surface area contributed by atoms with Gasteiger partial charge in [-0.05, 0) is 36.8 Å². The second kappa shape index (κ2) is 6.95. The van der Waals surface area contributed by atoms with Crippen LogP contribution in [0.15, 0.2) is 65.7 Å². The lowest BCUT2D eigenvalue weighted by atomic mass is 10.1. The molecule has 0 unspecified atom stereocenters. The summed E-state index contributed by atoms with van der Waals surface area (Å²) in [4.78, 5) is 0. The summed E-state index contributed by atoms with van der Waals surface area (Å²) in [6.45, 7) is 2.08. The van der Waals surface area contributed by atoms with Crippen molar-refractivity contribution in [2.45, 2.75) is 17.7 Å². The van der Waals surface area contributed by atoms with E-state index in [2.05, 4.69) is 41.4 Å². The van der Waals surface area contributed by atoms with Crippen molar-refractivity contribution in [3.8, 4) is 11.3 Å². The fraction of sp³-hybridized carbons (Fsp3) is 0.111. The maximum Gasteiger partial charge on any atom is 0.119 e. The van der Waals surface area contributed by atoms with Crippen LogP contribution in [0.2, 0.25) is 5.02 Å². The number of aromatic nitrogens is 2. The third kappa shape index (κ3) is 3.87. The minimum Gasteiger partial charge on any atom is -0.149 e. The molecule has 0 N–H and O–H groups in total. The van der Waals surface area contributed by atoms with Crippen LogP contribution in [-0.2, 0) is 5.75 Å². The summed E-state index contributed by atoms with van der Waals surface area (Å²) in [6, 6.07) is 20.2. The van der Waals surface area contributed by atoms with E-state index < -0.39 is 0 Å². The summed E-state index contributed by atoms with van der Waals surface area (Å²) in [5.41, 5.74) is 4.45. The third-order valence-electron chi connectivity index (χ3n) is 3.29. The fourth-order valence-electron chi connectivity index (χ4n) is 2.01. The molecule has 2 nitrogen and oxygen atoms in total. The minimum absolute atomic E-state index is 0.760. The summed E-state index contributed by atoms with van der Waals surface area (Å²) < 4.78 is 0. The molecule has 0 saturated heterocycles. The number of hydrogen-bond donors (Lipinski definition) is 0. The largest absolute Gasteiger partial charge is 0.149 e. The highest BCUT2D eigenvalue weighted by Crippen LogP contribution is 2.23. The van der Waals surface area contributed by atoms with E-state index in [0.29, 0.717) is 0 Å². The van der Waals surface area contributed by atoms with Crippen LogP contribution in [0.4, 0.5) is 0 Å². The summed E-state index contributed by atoms with van der Waals surface area (Å²) >= 11 is 7.55. The topological polar surface area (TPSA) is 25.8 Å². The smallest absolute Gasteiger partial charge is 0.119 e. The number of aryl methyl sites for hydroxylation is 1. The first-order chi connectivity index (χ1) is 10.7. The molecule has 0 bridgehead atoms. The molecule has 1 aromatic heterocycles. The van der Waals surface area contributed by atoms with Crippen LogP contribution >= 0.6 is 23.4 Å². The molecule has 0 radical (unpaired) electrons. The first-order valence-corrected chi connectivity index (χ1v) is 8.35. The van der Waals surface area contributed by atoms with E-state index in [-0.39, 0.29) is 0 Å². The lowest BCUT2D eigenvalue weighted by Crippen LogP contribution is -1.90. The van der Waals surface area contributed by atoms with Gasteiger partial charge >= 0.3 is 0 Å². The first kappa shape index (κ1) is 15.1. The Bertz CT molecular complexity index is 738. The van der Waals surface area contributed by atoms with Gasteiger partial charge in [-0.2, -0.15) is 0 Å². The predicted octanol–water partition coefficient (Wildman–Crippen LogP) is 5.40. The SMILES string of the molecule is Cc1ccc(-c2ccc(SCc3ccc(Cl)cc3)nn2)cc1. The fourth-order valence-corrected chi connectivity index (χ4v) is 2.91. The molecule has 3 rings (SSSR count). The average Bonchev–Trinajstić information content (AvgIpc) is 2.56. The molecule has 0 aliphatic rings. The Morgan fingerprint density at radius 2 is 1.59 bits per heavy atom. The number of nitrogens with zero attached hydrogens (tertiary/aromatic N) is 2. The zero-order valence-corrected chi connectivity index (χ0v) is 13.7. The molecule has 0 fully saturated rings. The third-order valence-corrected chi connectivity index (χ3v) is 4.53. The van der Waals surface area contributed by atoms with Crippen molar-refractivity contribution in [1.82, 2.24) is 10.2 Å². The molecule has 110 valence electrons. The number of halogens is 1. The molecule has 4 heteroatoms. The summed E-state index contributed by atoms with van der Waals surface area (Å²) in [5.74, 6) is 0.857. The summed E-state index contributed by atoms with van der Waals surface area (Å²) in [5, 5.41) is 10.3. The van der Waals surface area contributed by atoms with E-state index in [1.54, 1.807) is 11.8 Å². The Kier molecular flexibility index (Phi) is 4.76.